The van der Waals surface area contributed by atoms with Gasteiger partial charge in [-0.05, 0) is 31.3 Å². The maximum absolute atomic E-state index is 12.1. The maximum Gasteiger partial charge on any atom is 1.00 e. The van der Waals surface area contributed by atoms with Crippen LogP contribution < -0.4 is 34.7 Å². The van der Waals surface area contributed by atoms with Crippen molar-refractivity contribution in [1.82, 2.24) is 4.90 Å². The Morgan fingerprint density at radius 3 is 2.38 bits per heavy atom. The fraction of sp³-hybridized carbons (Fsp3) is 0.714. The van der Waals surface area contributed by atoms with Crippen LogP contribution in [0, 0.1) is 17.8 Å². The van der Waals surface area contributed by atoms with Crippen molar-refractivity contribution in [2.24, 2.45) is 17.8 Å². The third-order valence-corrected chi connectivity index (χ3v) is 4.81. The van der Waals surface area contributed by atoms with Crippen LogP contribution in [0.2, 0.25) is 0 Å². The first-order chi connectivity index (χ1) is 9.36. The molecule has 3 rings (SSSR count). The average Bonchev–Trinajstić information content (AvgIpc) is 3.14. The Labute approximate surface area is 145 Å². The van der Waals surface area contributed by atoms with E-state index in [1.54, 1.807) is 6.92 Å². The van der Waals surface area contributed by atoms with E-state index in [9.17, 15) is 24.9 Å². The van der Waals surface area contributed by atoms with Gasteiger partial charge in [-0.3, -0.25) is 4.79 Å². The second kappa shape index (κ2) is 5.66. The standard InChI is InChI=1S/C14H19NO5.Na/c1-5-8(12(17)7-3-4-7)11(14(19)20)15-10(5)9(6(2)16)13(15)18;/h5-7,9-10,12,16-17H,3-4H2,1-2H3,(H,19,20);/q;+1/p-1/t5-,6+,9?,10?,12-;/m0./s1. The van der Waals surface area contributed by atoms with Crippen LogP contribution in [0.4, 0.5) is 0 Å². The largest absolute Gasteiger partial charge is 1.00 e. The van der Waals surface area contributed by atoms with Crippen LogP contribution in [0.15, 0.2) is 11.3 Å². The van der Waals surface area contributed by atoms with Crippen molar-refractivity contribution < 1.29 is 54.5 Å². The summed E-state index contributed by atoms with van der Waals surface area (Å²) in [4.78, 5) is 24.6. The van der Waals surface area contributed by atoms with Crippen LogP contribution >= 0.6 is 0 Å². The van der Waals surface area contributed by atoms with Gasteiger partial charge in [-0.1, -0.05) is 6.92 Å². The summed E-state index contributed by atoms with van der Waals surface area (Å²) in [6, 6.07) is -0.376. The van der Waals surface area contributed by atoms with Crippen molar-refractivity contribution in [3.63, 3.8) is 0 Å². The van der Waals surface area contributed by atoms with Crippen molar-refractivity contribution in [2.45, 2.75) is 44.9 Å². The smallest absolute Gasteiger partial charge is 0.543 e. The molecule has 1 saturated carbocycles. The van der Waals surface area contributed by atoms with E-state index in [2.05, 4.69) is 0 Å². The van der Waals surface area contributed by atoms with Gasteiger partial charge in [0, 0.05) is 5.92 Å². The minimum atomic E-state index is -1.42. The van der Waals surface area contributed by atoms with E-state index in [1.165, 1.54) is 11.8 Å². The van der Waals surface area contributed by atoms with Gasteiger partial charge in [0.15, 0.2) is 0 Å². The van der Waals surface area contributed by atoms with Gasteiger partial charge in [-0.25, -0.2) is 0 Å². The first-order valence-electron chi connectivity index (χ1n) is 7.00. The van der Waals surface area contributed by atoms with E-state index < -0.39 is 30.0 Å². The van der Waals surface area contributed by atoms with Gasteiger partial charge in [0.25, 0.3) is 0 Å². The fourth-order valence-corrected chi connectivity index (χ4v) is 3.65. The monoisotopic (exact) mass is 303 g/mol. The number of hydrogen-bond donors (Lipinski definition) is 2. The second-order valence-electron chi connectivity index (χ2n) is 6.13. The van der Waals surface area contributed by atoms with Gasteiger partial charge < -0.3 is 25.0 Å². The van der Waals surface area contributed by atoms with Crippen LogP contribution in [0.3, 0.4) is 0 Å². The molecule has 0 radical (unpaired) electrons. The van der Waals surface area contributed by atoms with E-state index in [-0.39, 0.29) is 53.1 Å². The number of rotatable bonds is 4. The quantitative estimate of drug-likeness (QED) is 0.404. The summed E-state index contributed by atoms with van der Waals surface area (Å²) in [5.41, 5.74) is 0.220. The Kier molecular flexibility index (Phi) is 4.57. The summed E-state index contributed by atoms with van der Waals surface area (Å²) in [6.45, 7) is 3.33. The number of aliphatic hydroxyl groups is 2. The molecule has 5 atom stereocenters. The fourth-order valence-electron chi connectivity index (χ4n) is 3.65. The third kappa shape index (κ3) is 2.37. The van der Waals surface area contributed by atoms with Gasteiger partial charge in [0.2, 0.25) is 5.91 Å². The van der Waals surface area contributed by atoms with Gasteiger partial charge in [-0.15, -0.1) is 0 Å². The van der Waals surface area contributed by atoms with Gasteiger partial charge in [0.05, 0.1) is 35.8 Å². The number of aliphatic carboxylic acids is 1. The molecular weight excluding hydrogens is 285 g/mol. The molecule has 0 aromatic heterocycles. The molecule has 21 heavy (non-hydrogen) atoms. The predicted octanol–water partition coefficient (Wildman–Crippen LogP) is -4.38. The Morgan fingerprint density at radius 1 is 1.38 bits per heavy atom. The number of carboxylic acid groups (broad SMARTS) is 1. The minimum Gasteiger partial charge on any atom is -0.543 e. The molecule has 2 N–H and O–H groups in total. The molecule has 0 spiro atoms. The van der Waals surface area contributed by atoms with Crippen molar-refractivity contribution in [1.29, 1.82) is 0 Å². The Hall–Kier alpha value is -0.400. The van der Waals surface area contributed by atoms with Crippen molar-refractivity contribution >= 4 is 11.9 Å². The SMILES string of the molecule is C[C@@H](O)C1C(=O)N2C(C(=O)[O-])=C([C@@H](O)C3CC3)[C@H](C)C12.[Na+]. The average molecular weight is 303 g/mol. The summed E-state index contributed by atoms with van der Waals surface area (Å²) in [5.74, 6) is -2.60. The Bertz CT molecular complexity index is 513. The summed E-state index contributed by atoms with van der Waals surface area (Å²) in [7, 11) is 0. The van der Waals surface area contributed by atoms with Crippen LogP contribution in [-0.4, -0.2) is 45.2 Å². The molecule has 1 saturated heterocycles. The topological polar surface area (TPSA) is 101 Å². The number of carbonyl (C=O) groups excluding carboxylic acids is 2. The Balaban J connectivity index is 0.00000161. The molecule has 0 aromatic carbocycles. The number of hydrogen-bond acceptors (Lipinski definition) is 5. The van der Waals surface area contributed by atoms with E-state index in [0.29, 0.717) is 5.57 Å². The molecule has 2 unspecified atom stereocenters. The molecule has 6 nitrogen and oxygen atoms in total. The molecule has 2 fully saturated rings. The summed E-state index contributed by atoms with van der Waals surface area (Å²) in [6.07, 6.45) is 0.0874. The zero-order valence-corrected chi connectivity index (χ0v) is 14.4. The molecule has 1 aliphatic carbocycles. The Morgan fingerprint density at radius 2 is 1.95 bits per heavy atom. The number of nitrogens with zero attached hydrogens (tertiary/aromatic N) is 1. The van der Waals surface area contributed by atoms with Crippen LogP contribution in [0.25, 0.3) is 0 Å². The van der Waals surface area contributed by atoms with Gasteiger partial charge in [-0.2, -0.15) is 0 Å². The molecule has 1 amide bonds. The third-order valence-electron chi connectivity index (χ3n) is 4.81. The maximum atomic E-state index is 12.1. The summed E-state index contributed by atoms with van der Waals surface area (Å²) in [5, 5.41) is 31.4. The molecule has 2 aliphatic heterocycles. The van der Waals surface area contributed by atoms with Crippen LogP contribution in [0.5, 0.6) is 0 Å². The number of fused-ring (bicyclic) bond motifs is 1. The first kappa shape index (κ1) is 17.0. The summed E-state index contributed by atoms with van der Waals surface area (Å²) >= 11 is 0. The van der Waals surface area contributed by atoms with Crippen LogP contribution in [0.1, 0.15) is 26.7 Å². The number of amides is 1. The van der Waals surface area contributed by atoms with Crippen LogP contribution in [-0.2, 0) is 9.59 Å². The van der Waals surface area contributed by atoms with E-state index in [0.717, 1.165) is 12.8 Å². The molecule has 0 bridgehead atoms. The molecule has 7 heteroatoms. The molecule has 2 heterocycles. The van der Waals surface area contributed by atoms with Crippen molar-refractivity contribution in [3.8, 4) is 0 Å². The molecule has 3 aliphatic rings. The first-order valence-corrected chi connectivity index (χ1v) is 7.00. The number of carboxylic acids is 1. The summed E-state index contributed by atoms with van der Waals surface area (Å²) < 4.78 is 0. The zero-order valence-electron chi connectivity index (χ0n) is 12.4. The molecule has 110 valence electrons. The van der Waals surface area contributed by atoms with E-state index in [1.807, 2.05) is 0 Å². The number of aliphatic hydroxyl groups excluding tert-OH is 2. The predicted molar refractivity (Wildman–Crippen MR) is 65.7 cm³/mol. The zero-order chi connectivity index (χ0) is 14.8. The van der Waals surface area contributed by atoms with Crippen molar-refractivity contribution in [3.05, 3.63) is 11.3 Å². The normalized spacial score (nSPS) is 34.0. The van der Waals surface area contributed by atoms with E-state index in [4.69, 9.17) is 0 Å². The van der Waals surface area contributed by atoms with Gasteiger partial charge >= 0.3 is 29.6 Å². The molecular formula is C14H18NNaO5. The van der Waals surface area contributed by atoms with Gasteiger partial charge in [0.1, 0.15) is 0 Å². The molecule has 0 aromatic rings. The minimum absolute atomic E-state index is 0. The van der Waals surface area contributed by atoms with Crippen molar-refractivity contribution in [2.75, 3.05) is 0 Å². The van der Waals surface area contributed by atoms with E-state index >= 15 is 0 Å². The second-order valence-corrected chi connectivity index (χ2v) is 6.13. The number of β-lactam (4-membered cyclic amide) rings is 1. The number of carbonyl (C=O) groups is 2.